The van der Waals surface area contributed by atoms with E-state index < -0.39 is 5.91 Å². The van der Waals surface area contributed by atoms with Gasteiger partial charge in [-0.15, -0.1) is 0 Å². The maximum Gasteiger partial charge on any atom is 0.281 e. The van der Waals surface area contributed by atoms with E-state index in [0.29, 0.717) is 5.69 Å². The molecule has 0 atom stereocenters. The first-order valence-corrected chi connectivity index (χ1v) is 4.07. The van der Waals surface area contributed by atoms with Crippen molar-refractivity contribution in [1.29, 1.82) is 0 Å². The van der Waals surface area contributed by atoms with Crippen molar-refractivity contribution >= 4 is 29.2 Å². The fourth-order valence-electron chi connectivity index (χ4n) is 0.884. The van der Waals surface area contributed by atoms with Gasteiger partial charge in [-0.25, -0.2) is 0 Å². The van der Waals surface area contributed by atoms with Gasteiger partial charge in [0.05, 0.1) is 10.6 Å². The van der Waals surface area contributed by atoms with Crippen molar-refractivity contribution in [3.8, 4) is 0 Å². The zero-order valence-electron chi connectivity index (χ0n) is 7.20. The molecule has 0 radical (unpaired) electrons. The van der Waals surface area contributed by atoms with Gasteiger partial charge in [-0.1, -0.05) is 11.6 Å². The lowest BCUT2D eigenvalue weighted by Crippen LogP contribution is -2.24. The van der Waals surface area contributed by atoms with Crippen molar-refractivity contribution in [2.45, 2.75) is 0 Å². The standard InChI is InChI=1S/C8H9ClN4O/c9-6-2-1-4(10)3-5(6)7(14)13-8(11)12/h1-3H,10H2,(H4,11,12,13,14). The molecule has 6 heteroatoms. The highest BCUT2D eigenvalue weighted by Gasteiger charge is 2.09. The molecule has 0 aromatic heterocycles. The van der Waals surface area contributed by atoms with Crippen LogP contribution in [0.15, 0.2) is 23.2 Å². The van der Waals surface area contributed by atoms with Crippen LogP contribution in [0.5, 0.6) is 0 Å². The van der Waals surface area contributed by atoms with Crippen LogP contribution in [0.1, 0.15) is 10.4 Å². The Morgan fingerprint density at radius 2 is 2.00 bits per heavy atom. The van der Waals surface area contributed by atoms with Gasteiger partial charge in [0.15, 0.2) is 5.96 Å². The topological polar surface area (TPSA) is 107 Å². The van der Waals surface area contributed by atoms with E-state index in [1.807, 2.05) is 0 Å². The lowest BCUT2D eigenvalue weighted by Gasteiger charge is -2.00. The molecule has 0 aliphatic rings. The number of anilines is 1. The van der Waals surface area contributed by atoms with Gasteiger partial charge in [0.25, 0.3) is 5.91 Å². The Labute approximate surface area is 85.5 Å². The molecule has 0 heterocycles. The van der Waals surface area contributed by atoms with E-state index in [-0.39, 0.29) is 16.5 Å². The van der Waals surface area contributed by atoms with Crippen LogP contribution < -0.4 is 17.2 Å². The number of hydrogen-bond donors (Lipinski definition) is 3. The molecule has 14 heavy (non-hydrogen) atoms. The average molecular weight is 213 g/mol. The van der Waals surface area contributed by atoms with Crippen molar-refractivity contribution in [3.05, 3.63) is 28.8 Å². The van der Waals surface area contributed by atoms with Gasteiger partial charge in [0, 0.05) is 5.69 Å². The second-order valence-corrected chi connectivity index (χ2v) is 2.99. The summed E-state index contributed by atoms with van der Waals surface area (Å²) in [5, 5.41) is 0.259. The molecule has 0 aliphatic carbocycles. The van der Waals surface area contributed by atoms with Crippen LogP contribution in [-0.4, -0.2) is 11.9 Å². The summed E-state index contributed by atoms with van der Waals surface area (Å²) in [5.41, 5.74) is 16.2. The summed E-state index contributed by atoms with van der Waals surface area (Å²) in [4.78, 5) is 14.7. The summed E-state index contributed by atoms with van der Waals surface area (Å²) in [5.74, 6) is -0.921. The maximum atomic E-state index is 11.3. The highest BCUT2D eigenvalue weighted by molar-refractivity contribution is 6.34. The first-order valence-electron chi connectivity index (χ1n) is 3.69. The third-order valence-electron chi connectivity index (χ3n) is 1.45. The lowest BCUT2D eigenvalue weighted by molar-refractivity contribution is 0.100. The molecule has 5 nitrogen and oxygen atoms in total. The van der Waals surface area contributed by atoms with Gasteiger partial charge in [0.2, 0.25) is 0 Å². The summed E-state index contributed by atoms with van der Waals surface area (Å²) in [7, 11) is 0. The molecular weight excluding hydrogens is 204 g/mol. The van der Waals surface area contributed by atoms with Crippen LogP contribution in [0.2, 0.25) is 5.02 Å². The van der Waals surface area contributed by atoms with E-state index in [9.17, 15) is 4.79 Å². The number of carbonyl (C=O) groups is 1. The zero-order valence-corrected chi connectivity index (χ0v) is 7.95. The van der Waals surface area contributed by atoms with Gasteiger partial charge in [-0.3, -0.25) is 4.79 Å². The number of guanidine groups is 1. The highest BCUT2D eigenvalue weighted by Crippen LogP contribution is 2.19. The van der Waals surface area contributed by atoms with Gasteiger partial charge in [-0.2, -0.15) is 4.99 Å². The highest BCUT2D eigenvalue weighted by atomic mass is 35.5. The van der Waals surface area contributed by atoms with Crippen molar-refractivity contribution < 1.29 is 4.79 Å². The Kier molecular flexibility index (Phi) is 2.93. The Morgan fingerprint density at radius 1 is 1.36 bits per heavy atom. The number of nitrogen functional groups attached to an aromatic ring is 1. The molecular formula is C8H9ClN4O. The molecule has 1 rings (SSSR count). The van der Waals surface area contributed by atoms with Crippen LogP contribution in [-0.2, 0) is 0 Å². The quantitative estimate of drug-likeness (QED) is 0.354. The molecule has 0 saturated heterocycles. The number of amides is 1. The molecule has 74 valence electrons. The van der Waals surface area contributed by atoms with E-state index in [0.717, 1.165) is 0 Å². The molecule has 0 bridgehead atoms. The van der Waals surface area contributed by atoms with Gasteiger partial charge in [-0.05, 0) is 18.2 Å². The van der Waals surface area contributed by atoms with E-state index in [4.69, 9.17) is 28.8 Å². The molecule has 0 aliphatic heterocycles. The van der Waals surface area contributed by atoms with Gasteiger partial charge in [0.1, 0.15) is 0 Å². The van der Waals surface area contributed by atoms with E-state index in [1.54, 1.807) is 6.07 Å². The fourth-order valence-corrected chi connectivity index (χ4v) is 1.08. The molecule has 0 fully saturated rings. The Morgan fingerprint density at radius 3 is 2.57 bits per heavy atom. The predicted octanol–water partition coefficient (Wildman–Crippen LogP) is 0.336. The minimum absolute atomic E-state index is 0.181. The second kappa shape index (κ2) is 3.97. The summed E-state index contributed by atoms with van der Waals surface area (Å²) in [6.45, 7) is 0. The molecule has 1 aromatic rings. The van der Waals surface area contributed by atoms with Crippen molar-refractivity contribution in [1.82, 2.24) is 0 Å². The molecule has 1 amide bonds. The average Bonchev–Trinajstić information content (AvgIpc) is 2.08. The van der Waals surface area contributed by atoms with Crippen molar-refractivity contribution in [2.75, 3.05) is 5.73 Å². The number of benzene rings is 1. The normalized spacial score (nSPS) is 9.50. The molecule has 6 N–H and O–H groups in total. The van der Waals surface area contributed by atoms with Gasteiger partial charge >= 0.3 is 0 Å². The van der Waals surface area contributed by atoms with Crippen LogP contribution >= 0.6 is 11.6 Å². The number of halogens is 1. The summed E-state index contributed by atoms with van der Waals surface area (Å²) in [6.07, 6.45) is 0. The molecule has 0 unspecified atom stereocenters. The number of nitrogens with zero attached hydrogens (tertiary/aromatic N) is 1. The Hall–Kier alpha value is -1.75. The summed E-state index contributed by atoms with van der Waals surface area (Å²) in [6, 6.07) is 4.50. The minimum Gasteiger partial charge on any atom is -0.399 e. The smallest absolute Gasteiger partial charge is 0.281 e. The SMILES string of the molecule is NC(N)=NC(=O)c1cc(N)ccc1Cl. The summed E-state index contributed by atoms with van der Waals surface area (Å²) >= 11 is 5.75. The predicted molar refractivity (Wildman–Crippen MR) is 56.0 cm³/mol. The summed E-state index contributed by atoms with van der Waals surface area (Å²) < 4.78 is 0. The Balaban J connectivity index is 3.12. The van der Waals surface area contributed by atoms with Gasteiger partial charge < -0.3 is 17.2 Å². The number of hydrogen-bond acceptors (Lipinski definition) is 2. The monoisotopic (exact) mass is 212 g/mol. The van der Waals surface area contributed by atoms with Crippen LogP contribution in [0.25, 0.3) is 0 Å². The van der Waals surface area contributed by atoms with E-state index >= 15 is 0 Å². The number of aliphatic imine (C=N–C) groups is 1. The fraction of sp³-hybridized carbons (Fsp3) is 0. The molecule has 1 aromatic carbocycles. The van der Waals surface area contributed by atoms with E-state index in [1.165, 1.54) is 12.1 Å². The van der Waals surface area contributed by atoms with Crippen molar-refractivity contribution in [3.63, 3.8) is 0 Å². The number of rotatable bonds is 1. The van der Waals surface area contributed by atoms with Crippen molar-refractivity contribution in [2.24, 2.45) is 16.5 Å². The van der Waals surface area contributed by atoms with Crippen LogP contribution in [0, 0.1) is 0 Å². The lowest BCUT2D eigenvalue weighted by atomic mass is 10.2. The first-order chi connectivity index (χ1) is 6.50. The molecule has 0 spiro atoms. The second-order valence-electron chi connectivity index (χ2n) is 2.58. The third-order valence-corrected chi connectivity index (χ3v) is 1.78. The third kappa shape index (κ3) is 2.37. The number of nitrogens with two attached hydrogens (primary N) is 3. The largest absolute Gasteiger partial charge is 0.399 e. The maximum absolute atomic E-state index is 11.3. The van der Waals surface area contributed by atoms with Crippen LogP contribution in [0.3, 0.4) is 0 Å². The molecule has 0 saturated carbocycles. The van der Waals surface area contributed by atoms with E-state index in [2.05, 4.69) is 4.99 Å². The number of carbonyl (C=O) groups excluding carboxylic acids is 1. The minimum atomic E-state index is -0.609. The zero-order chi connectivity index (χ0) is 10.7. The Bertz CT molecular complexity index is 398. The van der Waals surface area contributed by atoms with Crippen LogP contribution in [0.4, 0.5) is 5.69 Å². The first kappa shape index (κ1) is 10.3.